The quantitative estimate of drug-likeness (QED) is 0.344. The van der Waals surface area contributed by atoms with Crippen molar-refractivity contribution in [2.75, 3.05) is 12.8 Å². The highest BCUT2D eigenvalue weighted by molar-refractivity contribution is 6.15. The van der Waals surface area contributed by atoms with Crippen LogP contribution >= 0.6 is 0 Å². The average molecular weight is 301 g/mol. The van der Waals surface area contributed by atoms with Crippen LogP contribution in [0, 0.1) is 0 Å². The number of hydrogen-bond acceptors (Lipinski definition) is 10. The lowest BCUT2D eigenvalue weighted by atomic mass is 10.1. The number of nitrogen functional groups attached to an aromatic ring is 1. The summed E-state index contributed by atoms with van der Waals surface area (Å²) in [5.74, 6) is 5.84. The van der Waals surface area contributed by atoms with E-state index in [0.29, 0.717) is 11.3 Å². The largest absolute Gasteiger partial charge is 0.507 e. The Balaban J connectivity index is 2.16. The lowest BCUT2D eigenvalue weighted by Gasteiger charge is -2.09. The van der Waals surface area contributed by atoms with Crippen molar-refractivity contribution in [2.45, 2.75) is 0 Å². The second-order valence-electron chi connectivity index (χ2n) is 4.23. The minimum atomic E-state index is -0.0943. The van der Waals surface area contributed by atoms with Crippen LogP contribution in [0.3, 0.4) is 0 Å². The lowest BCUT2D eigenvalue weighted by Crippen LogP contribution is -2.13. The second-order valence-corrected chi connectivity index (χ2v) is 4.23. The first-order valence-electron chi connectivity index (χ1n) is 6.05. The molecule has 0 saturated heterocycles. The number of nitrogens with zero attached hydrogens (tertiary/aromatic N) is 5. The third-order valence-electron chi connectivity index (χ3n) is 2.95. The topological polar surface area (TPSA) is 159 Å². The predicted octanol–water partition coefficient (Wildman–Crippen LogP) is 0.0203. The lowest BCUT2D eigenvalue weighted by molar-refractivity contribution is 0.314. The van der Waals surface area contributed by atoms with Gasteiger partial charge in [0.15, 0.2) is 5.82 Å². The highest BCUT2D eigenvalue weighted by Gasteiger charge is 2.19. The van der Waals surface area contributed by atoms with E-state index in [0.717, 1.165) is 0 Å². The summed E-state index contributed by atoms with van der Waals surface area (Å²) in [6.45, 7) is 0. The van der Waals surface area contributed by atoms with E-state index in [1.807, 2.05) is 0 Å². The number of anilines is 1. The van der Waals surface area contributed by atoms with Crippen LogP contribution in [0.25, 0.3) is 11.3 Å². The van der Waals surface area contributed by atoms with Crippen molar-refractivity contribution in [1.29, 1.82) is 0 Å². The van der Waals surface area contributed by atoms with Crippen molar-refractivity contribution in [3.8, 4) is 11.5 Å². The number of rotatable bonds is 3. The molecule has 5 N–H and O–H groups in total. The fraction of sp³-hybridized carbons (Fsp3) is 0.0833. The number of nitrogens with two attached hydrogens (primary N) is 2. The van der Waals surface area contributed by atoms with Crippen molar-refractivity contribution in [1.82, 2.24) is 20.3 Å². The molecule has 0 unspecified atom stereocenters. The van der Waals surface area contributed by atoms with Gasteiger partial charge in [0.2, 0.25) is 11.3 Å². The monoisotopic (exact) mass is 301 g/mol. The fourth-order valence-electron chi connectivity index (χ4n) is 1.92. The molecule has 3 rings (SSSR count). The van der Waals surface area contributed by atoms with Crippen LogP contribution in [0.1, 0.15) is 11.3 Å². The summed E-state index contributed by atoms with van der Waals surface area (Å²) in [5, 5.41) is 20.9. The minimum absolute atomic E-state index is 0.0302. The average Bonchev–Trinajstić information content (AvgIpc) is 2.96. The second kappa shape index (κ2) is 5.16. The van der Waals surface area contributed by atoms with Gasteiger partial charge in [0.25, 0.3) is 0 Å². The van der Waals surface area contributed by atoms with Crippen molar-refractivity contribution in [2.24, 2.45) is 10.9 Å². The molecule has 22 heavy (non-hydrogen) atoms. The van der Waals surface area contributed by atoms with Crippen LogP contribution < -0.4 is 16.3 Å². The first kappa shape index (κ1) is 13.5. The van der Waals surface area contributed by atoms with E-state index in [1.54, 1.807) is 12.1 Å². The molecular weight excluding hydrogens is 290 g/mol. The number of hydrazone groups is 1. The maximum absolute atomic E-state index is 10.1. The van der Waals surface area contributed by atoms with Crippen LogP contribution in [-0.2, 0) is 0 Å². The highest BCUT2D eigenvalue weighted by atomic mass is 16.6. The minimum Gasteiger partial charge on any atom is -0.507 e. The van der Waals surface area contributed by atoms with Crippen molar-refractivity contribution < 1.29 is 14.5 Å². The Morgan fingerprint density at radius 3 is 2.64 bits per heavy atom. The highest BCUT2D eigenvalue weighted by Crippen LogP contribution is 2.27. The molecule has 0 fully saturated rings. The van der Waals surface area contributed by atoms with Gasteiger partial charge in [0, 0.05) is 11.6 Å². The van der Waals surface area contributed by atoms with E-state index in [-0.39, 0.29) is 34.3 Å². The summed E-state index contributed by atoms with van der Waals surface area (Å²) < 4.78 is 9.56. The number of phenolic OH excluding ortho intramolecular Hbond substituents is 1. The molecule has 112 valence electrons. The standard InChI is InChI=1S/C12H11N7O3/c1-21-5-2-3-6(7(20)4-5)8(17-14)9-10(13)16-12-11(15-9)18-22-19-12/h2-4,20H,14H2,1H3,(H2,13,16,19). The Kier molecular flexibility index (Phi) is 3.18. The normalized spacial score (nSPS) is 11.8. The van der Waals surface area contributed by atoms with Gasteiger partial charge in [0.1, 0.15) is 22.9 Å². The maximum Gasteiger partial charge on any atom is 0.245 e. The van der Waals surface area contributed by atoms with Gasteiger partial charge in [-0.1, -0.05) is 0 Å². The summed E-state index contributed by atoms with van der Waals surface area (Å²) in [7, 11) is 1.49. The van der Waals surface area contributed by atoms with Crippen molar-refractivity contribution in [3.05, 3.63) is 29.5 Å². The molecule has 10 heteroatoms. The summed E-state index contributed by atoms with van der Waals surface area (Å²) >= 11 is 0. The Bertz CT molecular complexity index is 874. The Morgan fingerprint density at radius 1 is 1.27 bits per heavy atom. The molecule has 3 aromatic rings. The molecule has 0 radical (unpaired) electrons. The maximum atomic E-state index is 10.1. The van der Waals surface area contributed by atoms with Crippen molar-refractivity contribution in [3.63, 3.8) is 0 Å². The number of phenols is 1. The molecule has 0 amide bonds. The summed E-state index contributed by atoms with van der Waals surface area (Å²) in [4.78, 5) is 8.16. The number of fused-ring (bicyclic) bond motifs is 1. The van der Waals surface area contributed by atoms with Gasteiger partial charge in [0.05, 0.1) is 7.11 Å². The van der Waals surface area contributed by atoms with E-state index in [2.05, 4.69) is 30.0 Å². The number of ether oxygens (including phenoxy) is 1. The van der Waals surface area contributed by atoms with Gasteiger partial charge >= 0.3 is 0 Å². The van der Waals surface area contributed by atoms with Gasteiger partial charge < -0.3 is 21.4 Å². The van der Waals surface area contributed by atoms with E-state index >= 15 is 0 Å². The molecule has 2 aromatic heterocycles. The van der Waals surface area contributed by atoms with Crippen molar-refractivity contribution >= 4 is 22.8 Å². The van der Waals surface area contributed by atoms with Gasteiger partial charge in [-0.05, 0) is 22.4 Å². The molecule has 0 spiro atoms. The van der Waals surface area contributed by atoms with Gasteiger partial charge in [-0.15, -0.1) is 0 Å². The van der Waals surface area contributed by atoms with E-state index in [9.17, 15) is 5.11 Å². The molecule has 0 aliphatic rings. The van der Waals surface area contributed by atoms with Gasteiger partial charge in [-0.25, -0.2) is 14.6 Å². The number of methoxy groups -OCH3 is 1. The molecule has 10 nitrogen and oxygen atoms in total. The predicted molar refractivity (Wildman–Crippen MR) is 76.3 cm³/mol. The number of aromatic hydroxyl groups is 1. The first-order chi connectivity index (χ1) is 10.6. The van der Waals surface area contributed by atoms with E-state index < -0.39 is 0 Å². The summed E-state index contributed by atoms with van der Waals surface area (Å²) in [6, 6.07) is 4.63. The third kappa shape index (κ3) is 2.12. The summed E-state index contributed by atoms with van der Waals surface area (Å²) in [6.07, 6.45) is 0. The molecule has 0 atom stereocenters. The Hall–Kier alpha value is -3.43. The number of aromatic nitrogens is 4. The van der Waals surface area contributed by atoms with E-state index in [1.165, 1.54) is 13.2 Å². The van der Waals surface area contributed by atoms with Crippen LogP contribution in [0.2, 0.25) is 0 Å². The molecule has 1 aromatic carbocycles. The fourth-order valence-corrected chi connectivity index (χ4v) is 1.92. The molecular formula is C12H11N7O3. The van der Waals surface area contributed by atoms with Crippen LogP contribution in [0.4, 0.5) is 5.82 Å². The number of benzene rings is 1. The van der Waals surface area contributed by atoms with E-state index in [4.69, 9.17) is 16.3 Å². The molecule has 0 bridgehead atoms. The first-order valence-corrected chi connectivity index (χ1v) is 6.05. The SMILES string of the molecule is COc1ccc(C(=NN)c2nc3nonc3nc2N)c(O)c1. The zero-order valence-electron chi connectivity index (χ0n) is 11.4. The third-order valence-corrected chi connectivity index (χ3v) is 2.95. The smallest absolute Gasteiger partial charge is 0.245 e. The Morgan fingerprint density at radius 2 is 2.00 bits per heavy atom. The zero-order valence-corrected chi connectivity index (χ0v) is 11.4. The van der Waals surface area contributed by atoms with Gasteiger partial charge in [-0.3, -0.25) is 0 Å². The van der Waals surface area contributed by atoms with Crippen LogP contribution in [-0.4, -0.2) is 38.2 Å². The molecule has 0 aliphatic heterocycles. The molecule has 0 saturated carbocycles. The molecule has 2 heterocycles. The van der Waals surface area contributed by atoms with Crippen LogP contribution in [0.15, 0.2) is 27.9 Å². The zero-order chi connectivity index (χ0) is 15.7. The number of hydrogen-bond donors (Lipinski definition) is 3. The molecule has 0 aliphatic carbocycles. The summed E-state index contributed by atoms with van der Waals surface area (Å²) in [5.41, 5.74) is 6.78. The van der Waals surface area contributed by atoms with Crippen LogP contribution in [0.5, 0.6) is 11.5 Å². The van der Waals surface area contributed by atoms with Gasteiger partial charge in [-0.2, -0.15) is 5.10 Å². The Labute approximate surface area is 123 Å².